The van der Waals surface area contributed by atoms with Crippen LogP contribution in [0.25, 0.3) is 0 Å². The van der Waals surface area contributed by atoms with E-state index < -0.39 is 9.84 Å². The predicted molar refractivity (Wildman–Crippen MR) is 128 cm³/mol. The fourth-order valence-electron chi connectivity index (χ4n) is 4.56. The van der Waals surface area contributed by atoms with Gasteiger partial charge in [-0.15, -0.1) is 24.0 Å². The molecule has 1 unspecified atom stereocenters. The third kappa shape index (κ3) is 5.84. The largest absolute Gasteiger partial charge is 0.357 e. The van der Waals surface area contributed by atoms with Gasteiger partial charge in [-0.2, -0.15) is 0 Å². The van der Waals surface area contributed by atoms with Crippen molar-refractivity contribution < 1.29 is 8.42 Å². The van der Waals surface area contributed by atoms with Crippen molar-refractivity contribution in [1.29, 1.82) is 0 Å². The highest BCUT2D eigenvalue weighted by molar-refractivity contribution is 14.0. The van der Waals surface area contributed by atoms with Gasteiger partial charge >= 0.3 is 0 Å². The van der Waals surface area contributed by atoms with E-state index >= 15 is 0 Å². The molecule has 7 heteroatoms. The molecule has 2 N–H and O–H groups in total. The van der Waals surface area contributed by atoms with E-state index in [4.69, 9.17) is 4.99 Å². The first kappa shape index (κ1) is 23.4. The minimum absolute atomic E-state index is 0. The van der Waals surface area contributed by atoms with Crippen LogP contribution in [0.2, 0.25) is 0 Å². The SMILES string of the molecule is CCNC(=NCC1(c2ccccc2C)CCCCC1)NC1CCS(=O)(=O)C1.I. The molecule has 2 aliphatic rings. The quantitative estimate of drug-likeness (QED) is 0.355. The van der Waals surface area contributed by atoms with Crippen molar-refractivity contribution in [3.8, 4) is 0 Å². The minimum atomic E-state index is -2.90. The van der Waals surface area contributed by atoms with Crippen molar-refractivity contribution in [3.05, 3.63) is 35.4 Å². The summed E-state index contributed by atoms with van der Waals surface area (Å²) in [5.41, 5.74) is 2.86. The van der Waals surface area contributed by atoms with Gasteiger partial charge in [-0.25, -0.2) is 8.42 Å². The van der Waals surface area contributed by atoms with Crippen LogP contribution in [0.15, 0.2) is 29.3 Å². The summed E-state index contributed by atoms with van der Waals surface area (Å²) in [6, 6.07) is 8.66. The summed E-state index contributed by atoms with van der Waals surface area (Å²) in [5, 5.41) is 6.66. The van der Waals surface area contributed by atoms with E-state index in [1.54, 1.807) is 0 Å². The van der Waals surface area contributed by atoms with Gasteiger partial charge in [0.15, 0.2) is 15.8 Å². The number of aryl methyl sites for hydroxylation is 1. The van der Waals surface area contributed by atoms with Crippen LogP contribution >= 0.6 is 24.0 Å². The van der Waals surface area contributed by atoms with Gasteiger partial charge in [-0.1, -0.05) is 43.5 Å². The Balaban J connectivity index is 0.00000280. The molecule has 1 atom stereocenters. The molecule has 158 valence electrons. The molecular weight excluding hydrogens is 485 g/mol. The molecule has 1 heterocycles. The predicted octanol–water partition coefficient (Wildman–Crippen LogP) is 3.56. The number of rotatable bonds is 5. The normalized spacial score (nSPS) is 23.6. The van der Waals surface area contributed by atoms with Crippen molar-refractivity contribution in [1.82, 2.24) is 10.6 Å². The van der Waals surface area contributed by atoms with Crippen LogP contribution in [0.5, 0.6) is 0 Å². The second-order valence-electron chi connectivity index (χ2n) is 8.10. The van der Waals surface area contributed by atoms with E-state index in [9.17, 15) is 8.42 Å². The third-order valence-electron chi connectivity index (χ3n) is 5.98. The molecule has 28 heavy (non-hydrogen) atoms. The highest BCUT2D eigenvalue weighted by Crippen LogP contribution is 2.41. The lowest BCUT2D eigenvalue weighted by Gasteiger charge is -2.38. The Hall–Kier alpha value is -0.830. The number of nitrogens with zero attached hydrogens (tertiary/aromatic N) is 1. The summed E-state index contributed by atoms with van der Waals surface area (Å²) in [6.45, 7) is 5.75. The van der Waals surface area contributed by atoms with Crippen molar-refractivity contribution in [2.24, 2.45) is 4.99 Å². The highest BCUT2D eigenvalue weighted by atomic mass is 127. The minimum Gasteiger partial charge on any atom is -0.357 e. The third-order valence-corrected chi connectivity index (χ3v) is 7.75. The van der Waals surface area contributed by atoms with Crippen molar-refractivity contribution >= 4 is 39.8 Å². The molecule has 1 aromatic carbocycles. The monoisotopic (exact) mass is 519 g/mol. The zero-order valence-electron chi connectivity index (χ0n) is 17.0. The summed E-state index contributed by atoms with van der Waals surface area (Å²) in [7, 11) is -2.90. The van der Waals surface area contributed by atoms with E-state index in [0.717, 1.165) is 19.0 Å². The molecule has 1 saturated carbocycles. The molecule has 0 bridgehead atoms. The summed E-state index contributed by atoms with van der Waals surface area (Å²) in [4.78, 5) is 4.94. The van der Waals surface area contributed by atoms with Crippen LogP contribution in [0.4, 0.5) is 0 Å². The van der Waals surface area contributed by atoms with E-state index in [0.29, 0.717) is 6.42 Å². The number of nitrogens with one attached hydrogen (secondary N) is 2. The Bertz CT molecular complexity index is 774. The number of hydrogen-bond acceptors (Lipinski definition) is 3. The lowest BCUT2D eigenvalue weighted by molar-refractivity contribution is 0.300. The lowest BCUT2D eigenvalue weighted by atomic mass is 9.68. The van der Waals surface area contributed by atoms with Crippen LogP contribution in [-0.4, -0.2) is 45.0 Å². The molecule has 0 spiro atoms. The molecule has 1 aliphatic heterocycles. The molecule has 5 nitrogen and oxygen atoms in total. The van der Waals surface area contributed by atoms with Gasteiger partial charge in [-0.05, 0) is 44.2 Å². The second kappa shape index (κ2) is 10.3. The molecular formula is C21H34IN3O2S. The van der Waals surface area contributed by atoms with Gasteiger partial charge in [0.2, 0.25) is 0 Å². The van der Waals surface area contributed by atoms with E-state index in [2.05, 4.69) is 41.8 Å². The molecule has 0 radical (unpaired) electrons. The fourth-order valence-corrected chi connectivity index (χ4v) is 6.24. The van der Waals surface area contributed by atoms with Gasteiger partial charge < -0.3 is 10.6 Å². The number of guanidine groups is 1. The number of sulfone groups is 1. The van der Waals surface area contributed by atoms with Crippen molar-refractivity contribution in [3.63, 3.8) is 0 Å². The van der Waals surface area contributed by atoms with Crippen LogP contribution < -0.4 is 10.6 Å². The Morgan fingerprint density at radius 1 is 1.21 bits per heavy atom. The van der Waals surface area contributed by atoms with Crippen molar-refractivity contribution in [2.45, 2.75) is 63.8 Å². The van der Waals surface area contributed by atoms with Crippen molar-refractivity contribution in [2.75, 3.05) is 24.6 Å². The first-order valence-electron chi connectivity index (χ1n) is 10.3. The summed E-state index contributed by atoms with van der Waals surface area (Å²) >= 11 is 0. The first-order chi connectivity index (χ1) is 12.9. The summed E-state index contributed by atoms with van der Waals surface area (Å²) in [6.07, 6.45) is 6.78. The average molecular weight is 519 g/mol. The summed E-state index contributed by atoms with van der Waals surface area (Å²) in [5.74, 6) is 1.23. The highest BCUT2D eigenvalue weighted by Gasteiger charge is 2.35. The van der Waals surface area contributed by atoms with Crippen LogP contribution in [0, 0.1) is 6.92 Å². The Labute approximate surface area is 187 Å². The lowest BCUT2D eigenvalue weighted by Crippen LogP contribution is -2.45. The fraction of sp³-hybridized carbons (Fsp3) is 0.667. The second-order valence-corrected chi connectivity index (χ2v) is 10.3. The average Bonchev–Trinajstić information content (AvgIpc) is 2.99. The maximum Gasteiger partial charge on any atom is 0.191 e. The first-order valence-corrected chi connectivity index (χ1v) is 12.1. The number of halogens is 1. The maximum atomic E-state index is 11.8. The van der Waals surface area contributed by atoms with E-state index in [1.165, 1.54) is 43.2 Å². The Morgan fingerprint density at radius 2 is 1.93 bits per heavy atom. The zero-order chi connectivity index (χ0) is 19.3. The van der Waals surface area contributed by atoms with Gasteiger partial charge in [0.05, 0.1) is 18.1 Å². The van der Waals surface area contributed by atoms with E-state index in [-0.39, 0.29) is 46.9 Å². The van der Waals surface area contributed by atoms with Gasteiger partial charge in [0, 0.05) is 18.0 Å². The standard InChI is InChI=1S/C21H33N3O2S.HI/c1-3-22-20(24-18-11-14-27(25,26)15-18)23-16-21(12-7-4-8-13-21)19-10-6-5-9-17(19)2;/h5-6,9-10,18H,3-4,7-8,11-16H2,1-2H3,(H2,22,23,24);1H. The van der Waals surface area contributed by atoms with Gasteiger partial charge in [0.25, 0.3) is 0 Å². The molecule has 1 saturated heterocycles. The molecule has 1 aliphatic carbocycles. The zero-order valence-corrected chi connectivity index (χ0v) is 20.2. The molecule has 3 rings (SSSR count). The van der Waals surface area contributed by atoms with Crippen LogP contribution in [0.1, 0.15) is 56.6 Å². The molecule has 0 aromatic heterocycles. The number of hydrogen-bond donors (Lipinski definition) is 2. The topological polar surface area (TPSA) is 70.6 Å². The number of aliphatic imine (C=N–C) groups is 1. The Morgan fingerprint density at radius 3 is 2.54 bits per heavy atom. The molecule has 0 amide bonds. The smallest absolute Gasteiger partial charge is 0.191 e. The molecule has 2 fully saturated rings. The van der Waals surface area contributed by atoms with Crippen LogP contribution in [-0.2, 0) is 15.3 Å². The van der Waals surface area contributed by atoms with Gasteiger partial charge in [0.1, 0.15) is 0 Å². The van der Waals surface area contributed by atoms with Gasteiger partial charge in [-0.3, -0.25) is 4.99 Å². The Kier molecular flexibility index (Phi) is 8.60. The summed E-state index contributed by atoms with van der Waals surface area (Å²) < 4.78 is 23.5. The maximum absolute atomic E-state index is 11.8. The van der Waals surface area contributed by atoms with Crippen LogP contribution in [0.3, 0.4) is 0 Å². The number of benzene rings is 1. The molecule has 1 aromatic rings. The van der Waals surface area contributed by atoms with E-state index in [1.807, 2.05) is 6.92 Å².